The van der Waals surface area contributed by atoms with E-state index in [4.69, 9.17) is 9.15 Å². The maximum atomic E-state index is 5.58. The van der Waals surface area contributed by atoms with E-state index in [9.17, 15) is 0 Å². The third-order valence-corrected chi connectivity index (χ3v) is 3.96. The van der Waals surface area contributed by atoms with Gasteiger partial charge in [0.15, 0.2) is 0 Å². The maximum Gasteiger partial charge on any atom is 0.226 e. The Labute approximate surface area is 137 Å². The second-order valence-electron chi connectivity index (χ2n) is 5.05. The Kier molecular flexibility index (Phi) is 4.56. The smallest absolute Gasteiger partial charge is 0.226 e. The molecule has 0 atom stereocenters. The molecule has 0 saturated heterocycles. The van der Waals surface area contributed by atoms with E-state index < -0.39 is 0 Å². The zero-order chi connectivity index (χ0) is 16.2. The standard InChI is InChI=1S/C14H16N6O2S/c1-9(2)13-16-15-12(22-13)8-23-14-17-18-19-20(14)10-4-6-11(21-3)7-5-10/h4-7,9H,8H2,1-3H3. The highest BCUT2D eigenvalue weighted by atomic mass is 32.2. The van der Waals surface area contributed by atoms with Crippen LogP contribution < -0.4 is 4.74 Å². The number of tetrazole rings is 1. The number of hydrogen-bond acceptors (Lipinski definition) is 8. The van der Waals surface area contributed by atoms with Gasteiger partial charge < -0.3 is 9.15 Å². The molecule has 0 radical (unpaired) electrons. The average molecular weight is 332 g/mol. The molecule has 0 aliphatic rings. The second kappa shape index (κ2) is 6.78. The van der Waals surface area contributed by atoms with E-state index in [1.807, 2.05) is 38.1 Å². The lowest BCUT2D eigenvalue weighted by atomic mass is 10.2. The minimum atomic E-state index is 0.214. The van der Waals surface area contributed by atoms with Gasteiger partial charge in [0, 0.05) is 5.92 Å². The van der Waals surface area contributed by atoms with Gasteiger partial charge in [-0.25, -0.2) is 0 Å². The van der Waals surface area contributed by atoms with Gasteiger partial charge >= 0.3 is 0 Å². The maximum absolute atomic E-state index is 5.58. The summed E-state index contributed by atoms with van der Waals surface area (Å²) in [5.74, 6) is 2.70. The van der Waals surface area contributed by atoms with E-state index in [2.05, 4.69) is 25.7 Å². The highest BCUT2D eigenvalue weighted by Crippen LogP contribution is 2.24. The predicted molar refractivity (Wildman–Crippen MR) is 83.7 cm³/mol. The minimum Gasteiger partial charge on any atom is -0.497 e. The molecule has 0 aliphatic carbocycles. The topological polar surface area (TPSA) is 91.8 Å². The van der Waals surface area contributed by atoms with Gasteiger partial charge in [-0.2, -0.15) is 4.68 Å². The highest BCUT2D eigenvalue weighted by Gasteiger charge is 2.13. The largest absolute Gasteiger partial charge is 0.497 e. The van der Waals surface area contributed by atoms with E-state index in [1.165, 1.54) is 11.8 Å². The zero-order valence-electron chi connectivity index (χ0n) is 13.0. The molecule has 2 aromatic heterocycles. The normalized spacial score (nSPS) is 11.1. The van der Waals surface area contributed by atoms with E-state index in [1.54, 1.807) is 11.8 Å². The van der Waals surface area contributed by atoms with Gasteiger partial charge in [0.1, 0.15) is 5.75 Å². The first-order chi connectivity index (χ1) is 11.2. The van der Waals surface area contributed by atoms with E-state index in [-0.39, 0.29) is 5.92 Å². The molecule has 0 spiro atoms. The molecule has 3 rings (SSSR count). The van der Waals surface area contributed by atoms with E-state index in [0.717, 1.165) is 11.4 Å². The molecular formula is C14H16N6O2S. The number of aromatic nitrogens is 6. The summed E-state index contributed by atoms with van der Waals surface area (Å²) in [5.41, 5.74) is 0.853. The molecule has 0 N–H and O–H groups in total. The monoisotopic (exact) mass is 332 g/mol. The number of ether oxygens (including phenoxy) is 1. The fourth-order valence-corrected chi connectivity index (χ4v) is 2.57. The Morgan fingerprint density at radius 1 is 1.17 bits per heavy atom. The van der Waals surface area contributed by atoms with Gasteiger partial charge in [-0.1, -0.05) is 25.6 Å². The molecule has 0 aliphatic heterocycles. The Bertz CT molecular complexity index is 768. The van der Waals surface area contributed by atoms with Crippen LogP contribution in [0.3, 0.4) is 0 Å². The number of rotatable bonds is 6. The lowest BCUT2D eigenvalue weighted by Crippen LogP contribution is -1.99. The van der Waals surface area contributed by atoms with Crippen LogP contribution in [0.15, 0.2) is 33.8 Å². The first kappa shape index (κ1) is 15.5. The second-order valence-corrected chi connectivity index (χ2v) is 5.99. The fourth-order valence-electron chi connectivity index (χ4n) is 1.84. The van der Waals surface area contributed by atoms with Gasteiger partial charge in [0.25, 0.3) is 0 Å². The molecule has 9 heteroatoms. The van der Waals surface area contributed by atoms with Crippen LogP contribution in [0.1, 0.15) is 31.5 Å². The summed E-state index contributed by atoms with van der Waals surface area (Å²) in [6.07, 6.45) is 0. The van der Waals surface area contributed by atoms with Crippen LogP contribution in [0.25, 0.3) is 5.69 Å². The van der Waals surface area contributed by atoms with Gasteiger partial charge in [0.05, 0.1) is 18.6 Å². The Morgan fingerprint density at radius 3 is 2.61 bits per heavy atom. The van der Waals surface area contributed by atoms with Crippen LogP contribution in [-0.4, -0.2) is 37.5 Å². The van der Waals surface area contributed by atoms with Crippen molar-refractivity contribution in [3.05, 3.63) is 36.0 Å². The molecule has 1 aromatic carbocycles. The van der Waals surface area contributed by atoms with Crippen molar-refractivity contribution in [1.29, 1.82) is 0 Å². The molecule has 120 valence electrons. The number of benzene rings is 1. The molecule has 2 heterocycles. The summed E-state index contributed by atoms with van der Waals surface area (Å²) >= 11 is 1.44. The Morgan fingerprint density at radius 2 is 1.96 bits per heavy atom. The van der Waals surface area contributed by atoms with E-state index in [0.29, 0.717) is 22.7 Å². The van der Waals surface area contributed by atoms with Crippen LogP contribution in [0, 0.1) is 0 Å². The molecule has 8 nitrogen and oxygen atoms in total. The summed E-state index contributed by atoms with van der Waals surface area (Å²) in [6.45, 7) is 4.02. The van der Waals surface area contributed by atoms with Crippen molar-refractivity contribution >= 4 is 11.8 Å². The molecule has 0 saturated carbocycles. The first-order valence-corrected chi connectivity index (χ1v) is 8.04. The Balaban J connectivity index is 1.72. The molecular weight excluding hydrogens is 316 g/mol. The van der Waals surface area contributed by atoms with Crippen LogP contribution in [0.2, 0.25) is 0 Å². The number of thioether (sulfide) groups is 1. The Hall–Kier alpha value is -2.42. The van der Waals surface area contributed by atoms with Crippen molar-refractivity contribution in [2.45, 2.75) is 30.7 Å². The van der Waals surface area contributed by atoms with Gasteiger partial charge in [-0.05, 0) is 34.7 Å². The van der Waals surface area contributed by atoms with Crippen molar-refractivity contribution in [2.24, 2.45) is 0 Å². The molecule has 3 aromatic rings. The van der Waals surface area contributed by atoms with Crippen LogP contribution in [0.4, 0.5) is 0 Å². The van der Waals surface area contributed by atoms with Gasteiger partial charge in [-0.3, -0.25) is 0 Å². The molecule has 0 fully saturated rings. The lowest BCUT2D eigenvalue weighted by molar-refractivity contribution is 0.414. The molecule has 0 unspecified atom stereocenters. The fraction of sp³-hybridized carbons (Fsp3) is 0.357. The van der Waals surface area contributed by atoms with Crippen molar-refractivity contribution in [2.75, 3.05) is 7.11 Å². The van der Waals surface area contributed by atoms with Crippen molar-refractivity contribution in [1.82, 2.24) is 30.4 Å². The van der Waals surface area contributed by atoms with Crippen LogP contribution in [0.5, 0.6) is 5.75 Å². The van der Waals surface area contributed by atoms with Crippen molar-refractivity contribution in [3.63, 3.8) is 0 Å². The first-order valence-electron chi connectivity index (χ1n) is 7.05. The molecule has 0 bridgehead atoms. The molecule has 0 amide bonds. The third kappa shape index (κ3) is 3.50. The zero-order valence-corrected chi connectivity index (χ0v) is 13.8. The van der Waals surface area contributed by atoms with Gasteiger partial charge in [0.2, 0.25) is 16.9 Å². The summed E-state index contributed by atoms with van der Waals surface area (Å²) in [4.78, 5) is 0. The summed E-state index contributed by atoms with van der Waals surface area (Å²) in [7, 11) is 1.63. The summed E-state index contributed by atoms with van der Waals surface area (Å²) < 4.78 is 12.4. The highest BCUT2D eigenvalue weighted by molar-refractivity contribution is 7.98. The van der Waals surface area contributed by atoms with E-state index >= 15 is 0 Å². The number of methoxy groups -OCH3 is 1. The van der Waals surface area contributed by atoms with Crippen molar-refractivity contribution in [3.8, 4) is 11.4 Å². The quantitative estimate of drug-likeness (QED) is 0.636. The van der Waals surface area contributed by atoms with Gasteiger partial charge in [-0.15, -0.1) is 15.3 Å². The van der Waals surface area contributed by atoms with Crippen LogP contribution in [-0.2, 0) is 5.75 Å². The summed E-state index contributed by atoms with van der Waals surface area (Å²) in [5, 5.41) is 20.5. The lowest BCUT2D eigenvalue weighted by Gasteiger charge is -2.04. The SMILES string of the molecule is COc1ccc(-n2nnnc2SCc2nnc(C(C)C)o2)cc1. The third-order valence-electron chi connectivity index (χ3n) is 3.06. The summed E-state index contributed by atoms with van der Waals surface area (Å²) in [6, 6.07) is 7.50. The molecule has 23 heavy (non-hydrogen) atoms. The number of nitrogens with zero attached hydrogens (tertiary/aromatic N) is 6. The minimum absolute atomic E-state index is 0.214. The predicted octanol–water partition coefficient (Wildman–Crippen LogP) is 2.47. The van der Waals surface area contributed by atoms with Crippen LogP contribution >= 0.6 is 11.8 Å². The van der Waals surface area contributed by atoms with Crippen molar-refractivity contribution < 1.29 is 9.15 Å². The number of hydrogen-bond donors (Lipinski definition) is 0. The average Bonchev–Trinajstić information content (AvgIpc) is 3.22.